The first-order chi connectivity index (χ1) is 10.1. The lowest BCUT2D eigenvalue weighted by Crippen LogP contribution is -2.43. The lowest BCUT2D eigenvalue weighted by Gasteiger charge is -2.38. The molecule has 1 atom stereocenters. The molecule has 5 heteroatoms. The molecule has 116 valence electrons. The third-order valence-corrected chi connectivity index (χ3v) is 5.23. The highest BCUT2D eigenvalue weighted by Gasteiger charge is 2.29. The Balaban J connectivity index is 1.59. The number of rotatable bonds is 3. The summed E-state index contributed by atoms with van der Waals surface area (Å²) in [7, 11) is 0. The second-order valence-electron chi connectivity index (χ2n) is 6.27. The molecule has 21 heavy (non-hydrogen) atoms. The maximum atomic E-state index is 13.9. The van der Waals surface area contributed by atoms with Crippen LogP contribution in [0.4, 0.5) is 10.2 Å². The number of aromatic nitrogens is 1. The van der Waals surface area contributed by atoms with E-state index in [0.717, 1.165) is 31.8 Å². The highest BCUT2D eigenvalue weighted by molar-refractivity contribution is 6.30. The van der Waals surface area contributed by atoms with Gasteiger partial charge < -0.3 is 9.80 Å². The van der Waals surface area contributed by atoms with Crippen LogP contribution in [0.1, 0.15) is 32.6 Å². The first-order valence-electron chi connectivity index (χ1n) is 7.95. The molecule has 0 N–H and O–H groups in total. The predicted molar refractivity (Wildman–Crippen MR) is 84.4 cm³/mol. The summed E-state index contributed by atoms with van der Waals surface area (Å²) in [6, 6.07) is 2.00. The molecule has 1 aromatic heterocycles. The van der Waals surface area contributed by atoms with Crippen molar-refractivity contribution in [2.45, 2.75) is 38.6 Å². The van der Waals surface area contributed by atoms with E-state index in [0.29, 0.717) is 16.9 Å². The van der Waals surface area contributed by atoms with Crippen LogP contribution in [0, 0.1) is 11.7 Å². The van der Waals surface area contributed by atoms with Gasteiger partial charge in [0.05, 0.1) is 5.02 Å². The van der Waals surface area contributed by atoms with Crippen molar-refractivity contribution in [3.8, 4) is 0 Å². The largest absolute Gasteiger partial charge is 0.354 e. The molecule has 0 aromatic carbocycles. The smallest absolute Gasteiger partial charge is 0.167 e. The Hall–Kier alpha value is -0.870. The van der Waals surface area contributed by atoms with Gasteiger partial charge in [-0.15, -0.1) is 0 Å². The number of hydrogen-bond donors (Lipinski definition) is 0. The second kappa shape index (κ2) is 6.49. The van der Waals surface area contributed by atoms with Gasteiger partial charge in [0.15, 0.2) is 11.6 Å². The van der Waals surface area contributed by atoms with Crippen LogP contribution in [0.2, 0.25) is 5.02 Å². The third-order valence-electron chi connectivity index (χ3n) is 5.03. The summed E-state index contributed by atoms with van der Waals surface area (Å²) in [5.41, 5.74) is 0. The van der Waals surface area contributed by atoms with Crippen molar-refractivity contribution in [1.29, 1.82) is 0 Å². The summed E-state index contributed by atoms with van der Waals surface area (Å²) < 4.78 is 13.9. The van der Waals surface area contributed by atoms with E-state index in [1.54, 1.807) is 0 Å². The van der Waals surface area contributed by atoms with Crippen LogP contribution in [-0.4, -0.2) is 42.1 Å². The summed E-state index contributed by atoms with van der Waals surface area (Å²) in [6.07, 6.45) is 6.42. The molecule has 0 amide bonds. The molecule has 3 rings (SSSR count). The van der Waals surface area contributed by atoms with Crippen molar-refractivity contribution >= 4 is 17.4 Å². The standard InChI is InChI=1S/C16H23ClFN3/c1-12(20-6-2-3-7-20)13-4-8-21(9-5-13)16-15(18)10-14(17)11-19-16/h10-13H,2-9H2,1H3. The summed E-state index contributed by atoms with van der Waals surface area (Å²) in [5, 5.41) is 0.355. The Kier molecular flexibility index (Phi) is 4.65. The zero-order chi connectivity index (χ0) is 14.8. The van der Waals surface area contributed by atoms with E-state index >= 15 is 0 Å². The average Bonchev–Trinajstić information content (AvgIpc) is 3.01. The molecule has 0 radical (unpaired) electrons. The van der Waals surface area contributed by atoms with Crippen LogP contribution < -0.4 is 4.90 Å². The van der Waals surface area contributed by atoms with Crippen LogP contribution in [-0.2, 0) is 0 Å². The zero-order valence-electron chi connectivity index (χ0n) is 12.6. The van der Waals surface area contributed by atoms with Gasteiger partial charge in [0.1, 0.15) is 0 Å². The lowest BCUT2D eigenvalue weighted by atomic mass is 9.89. The van der Waals surface area contributed by atoms with Gasteiger partial charge in [0.25, 0.3) is 0 Å². The van der Waals surface area contributed by atoms with Gasteiger partial charge in [0.2, 0.25) is 0 Å². The van der Waals surface area contributed by atoms with E-state index in [1.165, 1.54) is 38.2 Å². The molecule has 2 fully saturated rings. The molecule has 2 aliphatic heterocycles. The van der Waals surface area contributed by atoms with E-state index in [-0.39, 0.29) is 5.82 Å². The van der Waals surface area contributed by atoms with Gasteiger partial charge in [-0.05, 0) is 57.7 Å². The molecule has 1 aromatic rings. The van der Waals surface area contributed by atoms with Crippen LogP contribution in [0.15, 0.2) is 12.3 Å². The van der Waals surface area contributed by atoms with Gasteiger partial charge in [-0.1, -0.05) is 11.6 Å². The number of hydrogen-bond acceptors (Lipinski definition) is 3. The Bertz CT molecular complexity index is 482. The molecular formula is C16H23ClFN3. The van der Waals surface area contributed by atoms with Crippen molar-refractivity contribution in [3.63, 3.8) is 0 Å². The minimum Gasteiger partial charge on any atom is -0.354 e. The first-order valence-corrected chi connectivity index (χ1v) is 8.33. The molecule has 0 spiro atoms. The number of likely N-dealkylation sites (tertiary alicyclic amines) is 1. The van der Waals surface area contributed by atoms with Crippen LogP contribution in [0.5, 0.6) is 0 Å². The fourth-order valence-corrected chi connectivity index (χ4v) is 3.83. The van der Waals surface area contributed by atoms with E-state index in [2.05, 4.69) is 21.7 Å². The Labute approximate surface area is 131 Å². The fourth-order valence-electron chi connectivity index (χ4n) is 3.68. The van der Waals surface area contributed by atoms with E-state index in [9.17, 15) is 4.39 Å². The van der Waals surface area contributed by atoms with Gasteiger partial charge in [-0.3, -0.25) is 0 Å². The minimum absolute atomic E-state index is 0.312. The van der Waals surface area contributed by atoms with Gasteiger partial charge >= 0.3 is 0 Å². The fraction of sp³-hybridized carbons (Fsp3) is 0.688. The number of halogens is 2. The third kappa shape index (κ3) is 3.32. The molecular weight excluding hydrogens is 289 g/mol. The van der Waals surface area contributed by atoms with Crippen LogP contribution in [0.25, 0.3) is 0 Å². The van der Waals surface area contributed by atoms with E-state index in [1.807, 2.05) is 0 Å². The molecule has 0 aliphatic carbocycles. The lowest BCUT2D eigenvalue weighted by molar-refractivity contribution is 0.167. The van der Waals surface area contributed by atoms with Crippen molar-refractivity contribution < 1.29 is 4.39 Å². The highest BCUT2D eigenvalue weighted by Crippen LogP contribution is 2.29. The number of piperidine rings is 1. The van der Waals surface area contributed by atoms with Crippen LogP contribution in [0.3, 0.4) is 0 Å². The summed E-state index contributed by atoms with van der Waals surface area (Å²) in [4.78, 5) is 8.82. The second-order valence-corrected chi connectivity index (χ2v) is 6.70. The molecule has 0 bridgehead atoms. The average molecular weight is 312 g/mol. The van der Waals surface area contributed by atoms with Crippen LogP contribution >= 0.6 is 11.6 Å². The number of nitrogens with zero attached hydrogens (tertiary/aromatic N) is 3. The Morgan fingerprint density at radius 3 is 2.52 bits per heavy atom. The summed E-state index contributed by atoms with van der Waals surface area (Å²) >= 11 is 5.77. The van der Waals surface area contributed by atoms with Gasteiger partial charge in [-0.25, -0.2) is 9.37 Å². The number of pyridine rings is 1. The Morgan fingerprint density at radius 2 is 1.90 bits per heavy atom. The van der Waals surface area contributed by atoms with Gasteiger partial charge in [-0.2, -0.15) is 0 Å². The molecule has 1 unspecified atom stereocenters. The normalized spacial score (nSPS) is 22.7. The molecule has 0 saturated carbocycles. The van der Waals surface area contributed by atoms with Gasteiger partial charge in [0, 0.05) is 25.3 Å². The van der Waals surface area contributed by atoms with Crippen molar-refractivity contribution in [3.05, 3.63) is 23.1 Å². The topological polar surface area (TPSA) is 19.4 Å². The minimum atomic E-state index is -0.312. The highest BCUT2D eigenvalue weighted by atomic mass is 35.5. The summed E-state index contributed by atoms with van der Waals surface area (Å²) in [6.45, 7) is 6.61. The quantitative estimate of drug-likeness (QED) is 0.850. The zero-order valence-corrected chi connectivity index (χ0v) is 13.3. The van der Waals surface area contributed by atoms with Crippen molar-refractivity contribution in [2.75, 3.05) is 31.1 Å². The van der Waals surface area contributed by atoms with Crippen molar-refractivity contribution in [1.82, 2.24) is 9.88 Å². The van der Waals surface area contributed by atoms with E-state index in [4.69, 9.17) is 11.6 Å². The maximum absolute atomic E-state index is 13.9. The summed E-state index contributed by atoms with van der Waals surface area (Å²) in [5.74, 6) is 0.856. The Morgan fingerprint density at radius 1 is 1.24 bits per heavy atom. The monoisotopic (exact) mass is 311 g/mol. The number of anilines is 1. The first kappa shape index (κ1) is 15.0. The molecule has 2 aliphatic rings. The molecule has 2 saturated heterocycles. The van der Waals surface area contributed by atoms with E-state index < -0.39 is 0 Å². The SMILES string of the molecule is CC(C1CCN(c2ncc(Cl)cc2F)CC1)N1CCCC1. The molecule has 3 nitrogen and oxygen atoms in total. The maximum Gasteiger partial charge on any atom is 0.167 e. The predicted octanol–water partition coefficient (Wildman–Crippen LogP) is 3.57. The molecule has 3 heterocycles. The van der Waals surface area contributed by atoms with Crippen molar-refractivity contribution in [2.24, 2.45) is 5.92 Å².